The molecule has 1 aliphatic rings. The molecule has 0 unspecified atom stereocenters. The van der Waals surface area contributed by atoms with Gasteiger partial charge in [-0.15, -0.1) is 0 Å². The molecular weight excluding hydrogens is 409 g/mol. The molecule has 4 radical (unpaired) electrons. The van der Waals surface area contributed by atoms with E-state index in [9.17, 15) is 4.79 Å². The zero-order valence-corrected chi connectivity index (χ0v) is 12.9. The summed E-state index contributed by atoms with van der Waals surface area (Å²) in [6.07, 6.45) is 2.00. The molecular formula is C12H9N3OPb. The second-order valence-corrected chi connectivity index (χ2v) is 3.70. The summed E-state index contributed by atoms with van der Waals surface area (Å²) in [4.78, 5) is 20.4. The van der Waals surface area contributed by atoms with Crippen molar-refractivity contribution in [1.29, 1.82) is 0 Å². The molecule has 0 saturated carbocycles. The molecule has 3 rings (SSSR count). The van der Waals surface area contributed by atoms with E-state index in [1.54, 1.807) is 6.08 Å². The minimum absolute atomic E-state index is 0. The number of rotatable bonds is 0. The molecule has 1 aromatic heterocycles. The average molecular weight is 418 g/mol. The second-order valence-electron chi connectivity index (χ2n) is 3.70. The van der Waals surface area contributed by atoms with Crippen molar-refractivity contribution in [2.24, 2.45) is 5.73 Å². The van der Waals surface area contributed by atoms with Crippen LogP contribution in [0, 0.1) is 0 Å². The van der Waals surface area contributed by atoms with Crippen LogP contribution < -0.4 is 5.73 Å². The molecule has 1 aromatic carbocycles. The van der Waals surface area contributed by atoms with E-state index in [1.165, 1.54) is 0 Å². The first-order chi connectivity index (χ1) is 7.75. The van der Waals surface area contributed by atoms with Crippen molar-refractivity contribution in [3.8, 4) is 0 Å². The molecule has 0 amide bonds. The zero-order valence-electron chi connectivity index (χ0n) is 8.97. The van der Waals surface area contributed by atoms with E-state index in [0.29, 0.717) is 23.5 Å². The number of nitrogens with zero attached hydrogens (tertiary/aromatic N) is 2. The Kier molecular flexibility index (Phi) is 3.23. The minimum atomic E-state index is -0.0255. The maximum Gasteiger partial charge on any atom is 0.187 e. The first-order valence-electron chi connectivity index (χ1n) is 5.02. The number of ketones is 1. The smallest absolute Gasteiger partial charge is 0.187 e. The normalized spacial score (nSPS) is 13.9. The third kappa shape index (κ3) is 1.97. The van der Waals surface area contributed by atoms with Crippen LogP contribution in [0.2, 0.25) is 0 Å². The summed E-state index contributed by atoms with van der Waals surface area (Å²) < 4.78 is 0. The van der Waals surface area contributed by atoms with Gasteiger partial charge in [0.05, 0.1) is 16.7 Å². The molecule has 0 spiro atoms. The number of carbonyl (C=O) groups is 1. The van der Waals surface area contributed by atoms with Gasteiger partial charge in [0.2, 0.25) is 0 Å². The van der Waals surface area contributed by atoms with Gasteiger partial charge in [-0.1, -0.05) is 18.2 Å². The predicted octanol–water partition coefficient (Wildman–Crippen LogP) is 1.14. The quantitative estimate of drug-likeness (QED) is 0.652. The van der Waals surface area contributed by atoms with E-state index in [0.717, 1.165) is 11.0 Å². The molecule has 1 heterocycles. The van der Waals surface area contributed by atoms with Crippen LogP contribution in [-0.4, -0.2) is 43.0 Å². The van der Waals surface area contributed by atoms with Crippen LogP contribution in [0.15, 0.2) is 30.3 Å². The first-order valence-corrected chi connectivity index (χ1v) is 5.02. The number of fused-ring (bicyclic) bond motifs is 2. The van der Waals surface area contributed by atoms with Crippen molar-refractivity contribution in [3.63, 3.8) is 0 Å². The summed E-state index contributed by atoms with van der Waals surface area (Å²) in [5, 5.41) is 0. The summed E-state index contributed by atoms with van der Waals surface area (Å²) in [6.45, 7) is 0. The molecule has 17 heavy (non-hydrogen) atoms. The van der Waals surface area contributed by atoms with Gasteiger partial charge in [0, 0.05) is 33.7 Å². The van der Waals surface area contributed by atoms with Crippen molar-refractivity contribution in [2.75, 3.05) is 0 Å². The van der Waals surface area contributed by atoms with E-state index in [1.807, 2.05) is 24.3 Å². The summed E-state index contributed by atoms with van der Waals surface area (Å²) in [7, 11) is 0. The fraction of sp³-hybridized carbons (Fsp3) is 0.0833. The molecule has 0 aliphatic heterocycles. The Bertz CT molecular complexity index is 637. The SMILES string of the molecule is NC1=CCC(=O)c2nc3ccccc3nc21.[Pb]. The molecule has 2 aromatic rings. The molecule has 2 N–H and O–H groups in total. The van der Waals surface area contributed by atoms with E-state index < -0.39 is 0 Å². The number of Topliss-reactive ketones (excluding diaryl/α,β-unsaturated/α-hetero) is 1. The van der Waals surface area contributed by atoms with Crippen molar-refractivity contribution in [1.82, 2.24) is 9.97 Å². The molecule has 0 atom stereocenters. The zero-order chi connectivity index (χ0) is 11.1. The molecule has 0 saturated heterocycles. The van der Waals surface area contributed by atoms with Gasteiger partial charge in [-0.05, 0) is 12.1 Å². The number of aromatic nitrogens is 2. The standard InChI is InChI=1S/C12H9N3O.Pb/c13-7-5-6-10(16)12-11(7)14-8-3-1-2-4-9(8)15-12;/h1-5H,6,13H2;. The van der Waals surface area contributed by atoms with Crippen molar-refractivity contribution >= 4 is 49.8 Å². The number of hydrogen-bond acceptors (Lipinski definition) is 4. The monoisotopic (exact) mass is 419 g/mol. The Balaban J connectivity index is 0.00000108. The maximum atomic E-state index is 11.7. The first kappa shape index (κ1) is 12.2. The van der Waals surface area contributed by atoms with Crippen LogP contribution in [-0.2, 0) is 0 Å². The fourth-order valence-corrected chi connectivity index (χ4v) is 1.79. The van der Waals surface area contributed by atoms with Gasteiger partial charge in [0.1, 0.15) is 11.4 Å². The number of carbonyl (C=O) groups excluding carboxylic acids is 1. The number of allylic oxidation sites excluding steroid dienone is 1. The van der Waals surface area contributed by atoms with Gasteiger partial charge >= 0.3 is 0 Å². The van der Waals surface area contributed by atoms with E-state index in [2.05, 4.69) is 9.97 Å². The number of para-hydroxylation sites is 2. The summed E-state index contributed by atoms with van der Waals surface area (Å²) in [5.74, 6) is -0.0255. The van der Waals surface area contributed by atoms with E-state index in [4.69, 9.17) is 5.73 Å². The van der Waals surface area contributed by atoms with Crippen LogP contribution in [0.5, 0.6) is 0 Å². The van der Waals surface area contributed by atoms with Crippen LogP contribution in [0.1, 0.15) is 22.6 Å². The Labute approximate surface area is 118 Å². The van der Waals surface area contributed by atoms with Crippen LogP contribution in [0.3, 0.4) is 0 Å². The van der Waals surface area contributed by atoms with Gasteiger partial charge in [0.15, 0.2) is 5.78 Å². The van der Waals surface area contributed by atoms with Crippen molar-refractivity contribution in [3.05, 3.63) is 41.7 Å². The Morgan fingerprint density at radius 2 is 1.65 bits per heavy atom. The third-order valence-corrected chi connectivity index (χ3v) is 2.62. The van der Waals surface area contributed by atoms with Gasteiger partial charge in [-0.2, -0.15) is 0 Å². The van der Waals surface area contributed by atoms with Crippen LogP contribution >= 0.6 is 0 Å². The Morgan fingerprint density at radius 1 is 1.06 bits per heavy atom. The molecule has 0 fully saturated rings. The fourth-order valence-electron chi connectivity index (χ4n) is 1.79. The minimum Gasteiger partial charge on any atom is -0.397 e. The van der Waals surface area contributed by atoms with E-state index >= 15 is 0 Å². The third-order valence-electron chi connectivity index (χ3n) is 2.62. The van der Waals surface area contributed by atoms with Gasteiger partial charge in [-0.3, -0.25) is 4.79 Å². The number of benzene rings is 1. The van der Waals surface area contributed by atoms with Gasteiger partial charge < -0.3 is 5.73 Å². The van der Waals surface area contributed by atoms with Crippen LogP contribution in [0.25, 0.3) is 16.7 Å². The largest absolute Gasteiger partial charge is 0.397 e. The molecule has 5 heteroatoms. The van der Waals surface area contributed by atoms with Gasteiger partial charge in [-0.25, -0.2) is 9.97 Å². The van der Waals surface area contributed by atoms with Gasteiger partial charge in [0.25, 0.3) is 0 Å². The van der Waals surface area contributed by atoms with E-state index in [-0.39, 0.29) is 33.1 Å². The van der Waals surface area contributed by atoms with Crippen molar-refractivity contribution in [2.45, 2.75) is 6.42 Å². The summed E-state index contributed by atoms with van der Waals surface area (Å²) >= 11 is 0. The number of nitrogens with two attached hydrogens (primary N) is 1. The topological polar surface area (TPSA) is 68.9 Å². The number of hydrogen-bond donors (Lipinski definition) is 1. The Morgan fingerprint density at radius 3 is 2.29 bits per heavy atom. The average Bonchev–Trinajstić information content (AvgIpc) is 2.32. The Hall–Kier alpha value is -1.31. The second kappa shape index (κ2) is 4.52. The van der Waals surface area contributed by atoms with Crippen LogP contribution in [0.4, 0.5) is 0 Å². The molecule has 1 aliphatic carbocycles. The summed E-state index contributed by atoms with van der Waals surface area (Å²) in [6, 6.07) is 7.45. The predicted molar refractivity (Wildman–Crippen MR) is 66.4 cm³/mol. The molecule has 4 nitrogen and oxygen atoms in total. The summed E-state index contributed by atoms with van der Waals surface area (Å²) in [5.41, 5.74) is 8.72. The maximum absolute atomic E-state index is 11.7. The van der Waals surface area contributed by atoms with Crippen molar-refractivity contribution < 1.29 is 4.79 Å². The molecule has 0 bridgehead atoms. The molecule has 82 valence electrons.